The highest BCUT2D eigenvalue weighted by Gasteiger charge is 2.15. The van der Waals surface area contributed by atoms with Crippen molar-refractivity contribution in [1.29, 1.82) is 0 Å². The monoisotopic (exact) mass is 239 g/mol. The number of carbonyl (C=O) groups excluding carboxylic acids is 1. The van der Waals surface area contributed by atoms with E-state index in [1.54, 1.807) is 20.8 Å². The Morgan fingerprint density at radius 3 is 2.27 bits per heavy atom. The minimum atomic E-state index is -0.865. The van der Waals surface area contributed by atoms with Crippen LogP contribution < -0.4 is 5.32 Å². The van der Waals surface area contributed by atoms with Crippen molar-refractivity contribution < 1.29 is 19.4 Å². The van der Waals surface area contributed by atoms with E-state index < -0.39 is 17.7 Å². The van der Waals surface area contributed by atoms with Gasteiger partial charge in [0.1, 0.15) is 5.60 Å². The lowest BCUT2D eigenvalue weighted by atomic mass is 10.2. The number of hydrogen-bond donors (Lipinski definition) is 2. The number of rotatable bonds is 4. The molecule has 0 aromatic rings. The van der Waals surface area contributed by atoms with Crippen LogP contribution in [0.2, 0.25) is 0 Å². The minimum absolute atomic E-state index is 0. The summed E-state index contributed by atoms with van der Waals surface area (Å²) < 4.78 is 4.95. The fraction of sp³-hybridized carbons (Fsp3) is 0.778. The van der Waals surface area contributed by atoms with Crippen molar-refractivity contribution in [2.75, 3.05) is 6.54 Å². The Morgan fingerprint density at radius 1 is 1.33 bits per heavy atom. The third-order valence-electron chi connectivity index (χ3n) is 1.24. The number of amides is 1. The Morgan fingerprint density at radius 2 is 1.87 bits per heavy atom. The van der Waals surface area contributed by atoms with Gasteiger partial charge in [0.2, 0.25) is 0 Å². The number of aliphatic carboxylic acids is 1. The Balaban J connectivity index is 0. The van der Waals surface area contributed by atoms with Crippen LogP contribution in [0.4, 0.5) is 4.79 Å². The first-order chi connectivity index (χ1) is 6.31. The summed E-state index contributed by atoms with van der Waals surface area (Å²) in [6.45, 7) is 5.62. The maximum atomic E-state index is 11.0. The van der Waals surface area contributed by atoms with Crippen molar-refractivity contribution >= 4 is 24.5 Å². The summed E-state index contributed by atoms with van der Waals surface area (Å²) in [7, 11) is 0. The number of carbonyl (C=O) groups is 2. The summed E-state index contributed by atoms with van der Waals surface area (Å²) in [5.41, 5.74) is -0.517. The number of hydrogen-bond acceptors (Lipinski definition) is 3. The quantitative estimate of drug-likeness (QED) is 0.734. The van der Waals surface area contributed by atoms with Crippen molar-refractivity contribution in [3.05, 3.63) is 0 Å². The lowest BCUT2D eigenvalue weighted by Gasteiger charge is -2.19. The third-order valence-corrected chi connectivity index (χ3v) is 1.24. The summed E-state index contributed by atoms with van der Waals surface area (Å²) in [6.07, 6.45) is -0.0485. The molecular formula is C9H18ClNO4. The molecule has 0 aromatic heterocycles. The Hall–Kier alpha value is -0.970. The van der Waals surface area contributed by atoms with Crippen LogP contribution in [0.1, 0.15) is 33.6 Å². The van der Waals surface area contributed by atoms with Gasteiger partial charge in [-0.3, -0.25) is 4.79 Å². The summed E-state index contributed by atoms with van der Waals surface area (Å²) in [4.78, 5) is 21.2. The molecule has 1 amide bonds. The number of halogens is 1. The predicted octanol–water partition coefficient (Wildman–Crippen LogP) is 1.80. The molecule has 0 unspecified atom stereocenters. The van der Waals surface area contributed by atoms with E-state index in [1.165, 1.54) is 0 Å². The smallest absolute Gasteiger partial charge is 0.407 e. The first-order valence-electron chi connectivity index (χ1n) is 4.50. The molecule has 0 aromatic carbocycles. The molecule has 90 valence electrons. The molecule has 0 spiro atoms. The number of nitrogens with one attached hydrogen (secondary N) is 1. The van der Waals surface area contributed by atoms with Crippen LogP contribution in [-0.2, 0) is 9.53 Å². The second-order valence-electron chi connectivity index (χ2n) is 3.93. The van der Waals surface area contributed by atoms with Crippen LogP contribution in [0.25, 0.3) is 0 Å². The van der Waals surface area contributed by atoms with Gasteiger partial charge in [-0.1, -0.05) is 0 Å². The zero-order valence-corrected chi connectivity index (χ0v) is 10.0. The van der Waals surface area contributed by atoms with Gasteiger partial charge in [-0.15, -0.1) is 12.4 Å². The molecule has 0 fully saturated rings. The van der Waals surface area contributed by atoms with Gasteiger partial charge in [-0.25, -0.2) is 4.79 Å². The number of carboxylic acids is 1. The van der Waals surface area contributed by atoms with Gasteiger partial charge in [-0.2, -0.15) is 0 Å². The van der Waals surface area contributed by atoms with E-state index in [0.29, 0.717) is 13.0 Å². The van der Waals surface area contributed by atoms with Crippen molar-refractivity contribution in [2.24, 2.45) is 0 Å². The molecule has 0 saturated heterocycles. The van der Waals surface area contributed by atoms with Crippen LogP contribution in [0.15, 0.2) is 0 Å². The molecule has 15 heavy (non-hydrogen) atoms. The second-order valence-corrected chi connectivity index (χ2v) is 3.93. The molecule has 5 nitrogen and oxygen atoms in total. The standard InChI is InChI=1S/C9H17NO4.ClH/c1-9(2,3)14-8(13)10-6-4-5-7(11)12;/h4-6H2,1-3H3,(H,10,13)(H,11,12);1H. The van der Waals surface area contributed by atoms with Gasteiger partial charge in [0.05, 0.1) is 0 Å². The van der Waals surface area contributed by atoms with E-state index in [0.717, 1.165) is 0 Å². The fourth-order valence-electron chi connectivity index (χ4n) is 0.744. The van der Waals surface area contributed by atoms with E-state index in [-0.39, 0.29) is 18.8 Å². The molecule has 0 aliphatic carbocycles. The topological polar surface area (TPSA) is 75.6 Å². The van der Waals surface area contributed by atoms with Crippen molar-refractivity contribution in [3.63, 3.8) is 0 Å². The highest BCUT2D eigenvalue weighted by atomic mass is 35.5. The molecule has 0 rings (SSSR count). The van der Waals surface area contributed by atoms with Crippen LogP contribution in [0.5, 0.6) is 0 Å². The largest absolute Gasteiger partial charge is 0.481 e. The van der Waals surface area contributed by atoms with Crippen molar-refractivity contribution in [3.8, 4) is 0 Å². The van der Waals surface area contributed by atoms with E-state index in [9.17, 15) is 9.59 Å². The molecular weight excluding hydrogens is 222 g/mol. The molecule has 0 aliphatic heterocycles. The highest BCUT2D eigenvalue weighted by molar-refractivity contribution is 5.85. The maximum absolute atomic E-state index is 11.0. The van der Waals surface area contributed by atoms with Gasteiger partial charge >= 0.3 is 12.1 Å². The predicted molar refractivity (Wildman–Crippen MR) is 58.4 cm³/mol. The molecule has 6 heteroatoms. The number of ether oxygens (including phenoxy) is 1. The summed E-state index contributed by atoms with van der Waals surface area (Å²) >= 11 is 0. The van der Waals surface area contributed by atoms with E-state index in [2.05, 4.69) is 5.32 Å². The maximum Gasteiger partial charge on any atom is 0.407 e. The lowest BCUT2D eigenvalue weighted by molar-refractivity contribution is -0.137. The van der Waals surface area contributed by atoms with Crippen LogP contribution >= 0.6 is 12.4 Å². The van der Waals surface area contributed by atoms with Gasteiger partial charge in [0.25, 0.3) is 0 Å². The van der Waals surface area contributed by atoms with Gasteiger partial charge in [0.15, 0.2) is 0 Å². The normalized spacial score (nSPS) is 10.1. The first-order valence-corrected chi connectivity index (χ1v) is 4.50. The fourth-order valence-corrected chi connectivity index (χ4v) is 0.744. The highest BCUT2D eigenvalue weighted by Crippen LogP contribution is 2.06. The molecule has 0 bridgehead atoms. The second kappa shape index (κ2) is 7.34. The van der Waals surface area contributed by atoms with Gasteiger partial charge < -0.3 is 15.2 Å². The zero-order chi connectivity index (χ0) is 11.2. The molecule has 2 N–H and O–H groups in total. The Kier molecular flexibility index (Phi) is 8.05. The molecule has 0 heterocycles. The average Bonchev–Trinajstić information content (AvgIpc) is 1.94. The van der Waals surface area contributed by atoms with Crippen LogP contribution in [-0.4, -0.2) is 29.3 Å². The van der Waals surface area contributed by atoms with Crippen LogP contribution in [0.3, 0.4) is 0 Å². The third kappa shape index (κ3) is 13.0. The van der Waals surface area contributed by atoms with Crippen LogP contribution in [0, 0.1) is 0 Å². The summed E-state index contributed by atoms with van der Waals surface area (Å²) in [5.74, 6) is -0.865. The van der Waals surface area contributed by atoms with E-state index >= 15 is 0 Å². The number of alkyl carbamates (subject to hydrolysis) is 1. The summed E-state index contributed by atoms with van der Waals surface area (Å²) in [6, 6.07) is 0. The Labute approximate surface area is 95.6 Å². The zero-order valence-electron chi connectivity index (χ0n) is 9.20. The average molecular weight is 240 g/mol. The molecule has 0 radical (unpaired) electrons. The Bertz CT molecular complexity index is 213. The molecule has 0 saturated carbocycles. The van der Waals surface area contributed by atoms with Crippen molar-refractivity contribution in [2.45, 2.75) is 39.2 Å². The molecule has 0 atom stereocenters. The number of carboxylic acid groups (broad SMARTS) is 1. The van der Waals surface area contributed by atoms with E-state index in [1.807, 2.05) is 0 Å². The molecule has 0 aliphatic rings. The van der Waals surface area contributed by atoms with E-state index in [4.69, 9.17) is 9.84 Å². The van der Waals surface area contributed by atoms with Gasteiger partial charge in [-0.05, 0) is 27.2 Å². The van der Waals surface area contributed by atoms with Crippen molar-refractivity contribution in [1.82, 2.24) is 5.32 Å². The minimum Gasteiger partial charge on any atom is -0.481 e. The first kappa shape index (κ1) is 16.5. The van der Waals surface area contributed by atoms with Gasteiger partial charge in [0, 0.05) is 13.0 Å². The lowest BCUT2D eigenvalue weighted by Crippen LogP contribution is -2.33. The summed E-state index contributed by atoms with van der Waals surface area (Å²) in [5, 5.41) is 10.8. The SMILES string of the molecule is CC(C)(C)OC(=O)NCCCC(=O)O.Cl.